The summed E-state index contributed by atoms with van der Waals surface area (Å²) in [5, 5.41) is 20.6. The van der Waals surface area contributed by atoms with E-state index in [4.69, 9.17) is 11.6 Å². The van der Waals surface area contributed by atoms with Crippen LogP contribution in [0.1, 0.15) is 17.0 Å². The largest absolute Gasteiger partial charge is 0.395 e. The van der Waals surface area contributed by atoms with Gasteiger partial charge in [0.05, 0.1) is 18.8 Å². The first-order valence-corrected chi connectivity index (χ1v) is 8.00. The van der Waals surface area contributed by atoms with Gasteiger partial charge in [-0.1, -0.05) is 48.0 Å². The van der Waals surface area contributed by atoms with Crippen LogP contribution in [0.25, 0.3) is 0 Å². The zero-order valence-electron chi connectivity index (χ0n) is 12.6. The van der Waals surface area contributed by atoms with E-state index in [1.807, 2.05) is 35.2 Å². The van der Waals surface area contributed by atoms with Crippen LogP contribution < -0.4 is 0 Å². The Morgan fingerprint density at radius 3 is 2.57 bits per heavy atom. The van der Waals surface area contributed by atoms with E-state index in [9.17, 15) is 14.6 Å². The first kappa shape index (κ1) is 16.4. The van der Waals surface area contributed by atoms with Gasteiger partial charge >= 0.3 is 0 Å². The Kier molecular flexibility index (Phi) is 4.97. The second kappa shape index (κ2) is 6.97. The van der Waals surface area contributed by atoms with E-state index in [2.05, 4.69) is 0 Å². The zero-order valence-corrected chi connectivity index (χ0v) is 13.3. The van der Waals surface area contributed by atoms with Crippen molar-refractivity contribution in [1.82, 2.24) is 4.90 Å². The summed E-state index contributed by atoms with van der Waals surface area (Å²) < 4.78 is 13.2. The lowest BCUT2D eigenvalue weighted by Gasteiger charge is -2.24. The molecule has 0 aromatic heterocycles. The van der Waals surface area contributed by atoms with Gasteiger partial charge in [0.25, 0.3) is 0 Å². The molecule has 2 aromatic rings. The summed E-state index contributed by atoms with van der Waals surface area (Å²) in [6.07, 6.45) is -0.651. The second-order valence-corrected chi connectivity index (χ2v) is 6.33. The van der Waals surface area contributed by atoms with Crippen LogP contribution in [0.3, 0.4) is 0 Å². The van der Waals surface area contributed by atoms with E-state index in [1.165, 1.54) is 12.1 Å². The first-order valence-electron chi connectivity index (χ1n) is 7.62. The fraction of sp³-hybridized carbons (Fsp3) is 0.333. The molecule has 1 aliphatic heterocycles. The van der Waals surface area contributed by atoms with Crippen molar-refractivity contribution in [3.8, 4) is 0 Å². The van der Waals surface area contributed by atoms with Crippen molar-refractivity contribution >= 4 is 11.6 Å². The van der Waals surface area contributed by atoms with E-state index in [0.29, 0.717) is 18.1 Å². The van der Waals surface area contributed by atoms with Crippen LogP contribution in [-0.4, -0.2) is 40.4 Å². The highest BCUT2D eigenvalue weighted by Gasteiger charge is 2.40. The van der Waals surface area contributed by atoms with Gasteiger partial charge in [-0.3, -0.25) is 4.90 Å². The summed E-state index contributed by atoms with van der Waals surface area (Å²) >= 11 is 6.10. The average molecular weight is 336 g/mol. The molecular formula is C18H19ClFNO2. The summed E-state index contributed by atoms with van der Waals surface area (Å²) in [5.41, 5.74) is 1.83. The molecule has 0 saturated carbocycles. The third-order valence-corrected chi connectivity index (χ3v) is 4.86. The Balaban J connectivity index is 1.81. The van der Waals surface area contributed by atoms with Crippen LogP contribution in [0.5, 0.6) is 0 Å². The summed E-state index contributed by atoms with van der Waals surface area (Å²) in [5.74, 6) is -0.436. The number of hydrogen-bond acceptors (Lipinski definition) is 3. The van der Waals surface area contributed by atoms with Gasteiger partial charge in [0.1, 0.15) is 5.82 Å². The standard InChI is InChI=1S/C18H19ClFNO2/c19-16-8-14(20)7-6-13(16)9-21-10-15(18(23)17(21)11-22)12-4-2-1-3-5-12/h1-8,15,17-18,22-23H,9-11H2/t15-,17-,18-/m1/s1. The smallest absolute Gasteiger partial charge is 0.124 e. The van der Waals surface area contributed by atoms with E-state index >= 15 is 0 Å². The molecule has 1 aliphatic rings. The molecule has 1 heterocycles. The van der Waals surface area contributed by atoms with Crippen LogP contribution in [0, 0.1) is 5.82 Å². The topological polar surface area (TPSA) is 43.7 Å². The van der Waals surface area contributed by atoms with Crippen LogP contribution in [0.15, 0.2) is 48.5 Å². The number of aliphatic hydroxyl groups excluding tert-OH is 2. The van der Waals surface area contributed by atoms with Gasteiger partial charge in [-0.2, -0.15) is 0 Å². The third kappa shape index (κ3) is 3.40. The molecule has 0 spiro atoms. The molecule has 0 bridgehead atoms. The number of likely N-dealkylation sites (tertiary alicyclic amines) is 1. The van der Waals surface area contributed by atoms with Crippen molar-refractivity contribution in [3.63, 3.8) is 0 Å². The molecule has 0 unspecified atom stereocenters. The lowest BCUT2D eigenvalue weighted by atomic mass is 9.94. The molecule has 1 fully saturated rings. The molecule has 5 heteroatoms. The van der Waals surface area contributed by atoms with Gasteiger partial charge in [0.15, 0.2) is 0 Å². The minimum atomic E-state index is -0.651. The van der Waals surface area contributed by atoms with Gasteiger partial charge < -0.3 is 10.2 Å². The lowest BCUT2D eigenvalue weighted by molar-refractivity contribution is 0.0641. The molecule has 23 heavy (non-hydrogen) atoms. The first-order chi connectivity index (χ1) is 11.1. The average Bonchev–Trinajstić information content (AvgIpc) is 2.86. The van der Waals surface area contributed by atoms with Crippen molar-refractivity contribution in [1.29, 1.82) is 0 Å². The van der Waals surface area contributed by atoms with Crippen molar-refractivity contribution in [3.05, 3.63) is 70.5 Å². The number of nitrogens with zero attached hydrogens (tertiary/aromatic N) is 1. The molecule has 0 radical (unpaired) electrons. The highest BCUT2D eigenvalue weighted by Crippen LogP contribution is 2.34. The molecule has 0 amide bonds. The summed E-state index contributed by atoms with van der Waals surface area (Å²) in [7, 11) is 0. The minimum Gasteiger partial charge on any atom is -0.395 e. The van der Waals surface area contributed by atoms with E-state index in [0.717, 1.165) is 11.1 Å². The molecular weight excluding hydrogens is 317 g/mol. The van der Waals surface area contributed by atoms with E-state index < -0.39 is 6.10 Å². The Morgan fingerprint density at radius 1 is 1.17 bits per heavy atom. The Morgan fingerprint density at radius 2 is 1.91 bits per heavy atom. The predicted octanol–water partition coefficient (Wildman–Crippen LogP) is 2.80. The maximum absolute atomic E-state index is 13.2. The molecule has 2 aromatic carbocycles. The highest BCUT2D eigenvalue weighted by atomic mass is 35.5. The van der Waals surface area contributed by atoms with Crippen molar-refractivity contribution < 1.29 is 14.6 Å². The Labute approximate surface area is 139 Å². The van der Waals surface area contributed by atoms with Crippen molar-refractivity contribution in [2.24, 2.45) is 0 Å². The normalized spacial score (nSPS) is 25.0. The Hall–Kier alpha value is -1.46. The van der Waals surface area contributed by atoms with Gasteiger partial charge in [-0.15, -0.1) is 0 Å². The van der Waals surface area contributed by atoms with Gasteiger partial charge in [0.2, 0.25) is 0 Å². The molecule has 122 valence electrons. The van der Waals surface area contributed by atoms with Crippen LogP contribution in [0.4, 0.5) is 4.39 Å². The van der Waals surface area contributed by atoms with E-state index in [-0.39, 0.29) is 24.4 Å². The zero-order chi connectivity index (χ0) is 16.4. The maximum Gasteiger partial charge on any atom is 0.124 e. The van der Waals surface area contributed by atoms with Gasteiger partial charge in [0, 0.05) is 24.0 Å². The van der Waals surface area contributed by atoms with Crippen LogP contribution in [-0.2, 0) is 6.54 Å². The van der Waals surface area contributed by atoms with Crippen LogP contribution in [0.2, 0.25) is 5.02 Å². The number of rotatable bonds is 4. The van der Waals surface area contributed by atoms with Crippen molar-refractivity contribution in [2.45, 2.75) is 24.6 Å². The van der Waals surface area contributed by atoms with Crippen LogP contribution >= 0.6 is 11.6 Å². The monoisotopic (exact) mass is 335 g/mol. The number of hydrogen-bond donors (Lipinski definition) is 2. The molecule has 1 saturated heterocycles. The summed E-state index contributed by atoms with van der Waals surface area (Å²) in [6.45, 7) is 0.943. The predicted molar refractivity (Wildman–Crippen MR) is 87.9 cm³/mol. The van der Waals surface area contributed by atoms with Gasteiger partial charge in [-0.05, 0) is 23.3 Å². The fourth-order valence-electron chi connectivity index (χ4n) is 3.26. The highest BCUT2D eigenvalue weighted by molar-refractivity contribution is 6.31. The van der Waals surface area contributed by atoms with Gasteiger partial charge in [-0.25, -0.2) is 4.39 Å². The maximum atomic E-state index is 13.2. The fourth-order valence-corrected chi connectivity index (χ4v) is 3.48. The third-order valence-electron chi connectivity index (χ3n) is 4.51. The molecule has 3 nitrogen and oxygen atoms in total. The summed E-state index contributed by atoms with van der Waals surface area (Å²) in [4.78, 5) is 2.00. The summed E-state index contributed by atoms with van der Waals surface area (Å²) in [6, 6.07) is 13.7. The van der Waals surface area contributed by atoms with E-state index in [1.54, 1.807) is 6.07 Å². The van der Waals surface area contributed by atoms with Crippen molar-refractivity contribution in [2.75, 3.05) is 13.2 Å². The number of halogens is 2. The number of benzene rings is 2. The minimum absolute atomic E-state index is 0.0624. The Bertz CT molecular complexity index is 667. The SMILES string of the molecule is OC[C@@H]1[C@H](O)[C@@H](c2ccccc2)CN1Cc1ccc(F)cc1Cl. The number of aliphatic hydroxyl groups is 2. The molecule has 2 N–H and O–H groups in total. The lowest BCUT2D eigenvalue weighted by Crippen LogP contribution is -2.38. The quantitative estimate of drug-likeness (QED) is 0.903. The molecule has 0 aliphatic carbocycles. The molecule has 3 atom stereocenters. The molecule has 3 rings (SSSR count). The second-order valence-electron chi connectivity index (χ2n) is 5.92.